The van der Waals surface area contributed by atoms with Crippen molar-refractivity contribution in [3.8, 4) is 0 Å². The Morgan fingerprint density at radius 1 is 1.91 bits per heavy atom. The van der Waals surface area contributed by atoms with E-state index in [4.69, 9.17) is 5.73 Å². The maximum Gasteiger partial charge on any atom is 0.344 e. The van der Waals surface area contributed by atoms with E-state index < -0.39 is 0 Å². The summed E-state index contributed by atoms with van der Waals surface area (Å²) in [6.07, 6.45) is 1.73. The molecule has 0 saturated carbocycles. The highest BCUT2D eigenvalue weighted by atomic mass is 35.5. The topological polar surface area (TPSA) is 52.3 Å². The molecule has 0 aromatic heterocycles. The van der Waals surface area contributed by atoms with Crippen LogP contribution in [0.15, 0.2) is 11.0 Å². The maximum absolute atomic E-state index is 10.8. The molecule has 0 aromatic rings. The van der Waals surface area contributed by atoms with Crippen LogP contribution < -0.4 is 5.73 Å². The number of hydrogen-bond donors (Lipinski definition) is 1. The Kier molecular flexibility index (Phi) is 4.56. The van der Waals surface area contributed by atoms with E-state index in [0.29, 0.717) is 4.91 Å². The molecule has 0 fully saturated rings. The number of hydrogen-bond acceptors (Lipinski definition) is 4. The van der Waals surface area contributed by atoms with Crippen molar-refractivity contribution in [1.29, 1.82) is 0 Å². The van der Waals surface area contributed by atoms with Gasteiger partial charge in [0.2, 0.25) is 0 Å². The van der Waals surface area contributed by atoms with E-state index in [-0.39, 0.29) is 24.4 Å². The Balaban J connectivity index is 0.000001000. The lowest BCUT2D eigenvalue weighted by molar-refractivity contribution is -0.135. The van der Waals surface area contributed by atoms with Crippen molar-refractivity contribution in [2.24, 2.45) is 5.73 Å². The Bertz CT molecular complexity index is 183. The molecular formula is C6H10ClNO2S. The van der Waals surface area contributed by atoms with Crippen molar-refractivity contribution < 1.29 is 9.53 Å². The lowest BCUT2D eigenvalue weighted by Gasteiger charge is -1.95. The molecule has 0 spiro atoms. The molecule has 1 aliphatic rings. The van der Waals surface area contributed by atoms with Crippen LogP contribution in [0.5, 0.6) is 0 Å². The van der Waals surface area contributed by atoms with Gasteiger partial charge in [-0.15, -0.1) is 24.2 Å². The number of halogens is 1. The fraction of sp³-hybridized carbons (Fsp3) is 0.500. The predicted octanol–water partition coefficient (Wildman–Crippen LogP) is 0.539. The minimum Gasteiger partial charge on any atom is -0.465 e. The molecule has 0 bridgehead atoms. The van der Waals surface area contributed by atoms with Gasteiger partial charge in [0.25, 0.3) is 0 Å². The summed E-state index contributed by atoms with van der Waals surface area (Å²) in [6, 6.07) is 0.0131. The number of carbonyl (C=O) groups excluding carboxylic acids is 1. The predicted molar refractivity (Wildman–Crippen MR) is 47.8 cm³/mol. The maximum atomic E-state index is 10.8. The summed E-state index contributed by atoms with van der Waals surface area (Å²) in [7, 11) is 1.37. The average Bonchev–Trinajstić information content (AvgIpc) is 2.34. The molecule has 1 aliphatic heterocycles. The first-order valence-electron chi connectivity index (χ1n) is 2.92. The molecule has 0 aromatic carbocycles. The molecule has 3 nitrogen and oxygen atoms in total. The zero-order valence-electron chi connectivity index (χ0n) is 6.07. The second-order valence-electron chi connectivity index (χ2n) is 2.00. The first-order valence-corrected chi connectivity index (χ1v) is 3.91. The number of carbonyl (C=O) groups is 1. The highest BCUT2D eigenvalue weighted by Gasteiger charge is 2.18. The molecular weight excluding hydrogens is 186 g/mol. The van der Waals surface area contributed by atoms with Crippen LogP contribution in [0.3, 0.4) is 0 Å². The average molecular weight is 196 g/mol. The van der Waals surface area contributed by atoms with Crippen molar-refractivity contribution in [3.63, 3.8) is 0 Å². The number of esters is 1. The number of ether oxygens (including phenoxy) is 1. The molecule has 2 N–H and O–H groups in total. The zero-order valence-corrected chi connectivity index (χ0v) is 7.71. The highest BCUT2D eigenvalue weighted by Crippen LogP contribution is 2.24. The van der Waals surface area contributed by atoms with Crippen molar-refractivity contribution in [3.05, 3.63) is 11.0 Å². The van der Waals surface area contributed by atoms with Gasteiger partial charge in [-0.3, -0.25) is 0 Å². The lowest BCUT2D eigenvalue weighted by atomic mass is 10.3. The summed E-state index contributed by atoms with van der Waals surface area (Å²) < 4.78 is 4.50. The third-order valence-corrected chi connectivity index (χ3v) is 2.35. The Morgan fingerprint density at radius 3 is 2.91 bits per heavy atom. The molecule has 1 unspecified atom stereocenters. The zero-order chi connectivity index (χ0) is 7.56. The minimum atomic E-state index is -0.280. The molecule has 64 valence electrons. The van der Waals surface area contributed by atoms with Gasteiger partial charge in [0, 0.05) is 11.8 Å². The number of nitrogens with two attached hydrogens (primary N) is 1. The van der Waals surface area contributed by atoms with Gasteiger partial charge in [-0.2, -0.15) is 0 Å². The van der Waals surface area contributed by atoms with Crippen LogP contribution >= 0.6 is 24.2 Å². The number of rotatable bonds is 1. The third kappa shape index (κ3) is 2.73. The van der Waals surface area contributed by atoms with Gasteiger partial charge in [-0.05, 0) is 6.08 Å². The quantitative estimate of drug-likeness (QED) is 0.621. The van der Waals surface area contributed by atoms with E-state index in [0.717, 1.165) is 5.75 Å². The van der Waals surface area contributed by atoms with Crippen LogP contribution in [-0.4, -0.2) is 24.9 Å². The van der Waals surface area contributed by atoms with Crippen LogP contribution in [0.25, 0.3) is 0 Å². The Hall–Kier alpha value is -0.190. The van der Waals surface area contributed by atoms with E-state index in [2.05, 4.69) is 4.74 Å². The third-order valence-electron chi connectivity index (χ3n) is 1.18. The normalized spacial score (nSPS) is 22.0. The first-order chi connectivity index (χ1) is 4.74. The smallest absolute Gasteiger partial charge is 0.344 e. The van der Waals surface area contributed by atoms with E-state index in [9.17, 15) is 4.79 Å². The van der Waals surface area contributed by atoms with E-state index >= 15 is 0 Å². The number of thioether (sulfide) groups is 1. The standard InChI is InChI=1S/C6H9NO2S.ClH/c1-9-6(8)5-2-4(7)3-10-5;/h2,4H,3,7H2,1H3;1H. The highest BCUT2D eigenvalue weighted by molar-refractivity contribution is 8.04. The second kappa shape index (κ2) is 4.64. The molecule has 0 amide bonds. The van der Waals surface area contributed by atoms with Crippen molar-refractivity contribution >= 4 is 30.1 Å². The Morgan fingerprint density at radius 2 is 2.55 bits per heavy atom. The molecule has 1 heterocycles. The van der Waals surface area contributed by atoms with Crippen molar-refractivity contribution in [1.82, 2.24) is 0 Å². The van der Waals surface area contributed by atoms with Crippen LogP contribution in [0.2, 0.25) is 0 Å². The largest absolute Gasteiger partial charge is 0.465 e. The Labute approximate surface area is 75.8 Å². The molecule has 5 heteroatoms. The summed E-state index contributed by atoms with van der Waals surface area (Å²) in [5, 5.41) is 0. The van der Waals surface area contributed by atoms with Crippen LogP contribution in [0.1, 0.15) is 0 Å². The minimum absolute atomic E-state index is 0. The van der Waals surface area contributed by atoms with Crippen LogP contribution in [-0.2, 0) is 9.53 Å². The van der Waals surface area contributed by atoms with Gasteiger partial charge in [0.05, 0.1) is 12.0 Å². The van der Waals surface area contributed by atoms with Gasteiger partial charge in [0.1, 0.15) is 0 Å². The van der Waals surface area contributed by atoms with E-state index in [1.807, 2.05) is 0 Å². The molecule has 1 atom stereocenters. The first kappa shape index (κ1) is 10.8. The van der Waals surface area contributed by atoms with E-state index in [1.165, 1.54) is 18.9 Å². The van der Waals surface area contributed by atoms with Crippen LogP contribution in [0.4, 0.5) is 0 Å². The monoisotopic (exact) mass is 195 g/mol. The molecule has 1 rings (SSSR count). The van der Waals surface area contributed by atoms with Crippen molar-refractivity contribution in [2.45, 2.75) is 6.04 Å². The van der Waals surface area contributed by atoms with Gasteiger partial charge in [-0.25, -0.2) is 4.79 Å². The van der Waals surface area contributed by atoms with Crippen LogP contribution in [0, 0.1) is 0 Å². The second-order valence-corrected chi connectivity index (χ2v) is 3.06. The fourth-order valence-electron chi connectivity index (χ4n) is 0.704. The molecule has 0 radical (unpaired) electrons. The summed E-state index contributed by atoms with van der Waals surface area (Å²) in [5.41, 5.74) is 5.51. The molecule has 11 heavy (non-hydrogen) atoms. The van der Waals surface area contributed by atoms with Gasteiger partial charge in [0.15, 0.2) is 0 Å². The van der Waals surface area contributed by atoms with E-state index in [1.54, 1.807) is 6.08 Å². The number of methoxy groups -OCH3 is 1. The SMILES string of the molecule is COC(=O)C1=CC(N)CS1.Cl. The lowest BCUT2D eigenvalue weighted by Crippen LogP contribution is -2.15. The fourth-order valence-corrected chi connectivity index (χ4v) is 1.64. The summed E-state index contributed by atoms with van der Waals surface area (Å²) in [6.45, 7) is 0. The molecule has 0 aliphatic carbocycles. The summed E-state index contributed by atoms with van der Waals surface area (Å²) in [5.74, 6) is 0.503. The summed E-state index contributed by atoms with van der Waals surface area (Å²) >= 11 is 1.44. The van der Waals surface area contributed by atoms with Gasteiger partial charge in [-0.1, -0.05) is 0 Å². The van der Waals surface area contributed by atoms with Crippen molar-refractivity contribution in [2.75, 3.05) is 12.9 Å². The van der Waals surface area contributed by atoms with Gasteiger partial charge < -0.3 is 10.5 Å². The molecule has 0 saturated heterocycles. The summed E-state index contributed by atoms with van der Waals surface area (Å²) in [4.78, 5) is 11.4. The van der Waals surface area contributed by atoms with Gasteiger partial charge >= 0.3 is 5.97 Å².